The van der Waals surface area contributed by atoms with Crippen LogP contribution in [0, 0.1) is 0 Å². The number of likely N-dealkylation sites (tertiary alicyclic amines) is 1. The molecule has 2 aromatic rings. The van der Waals surface area contributed by atoms with E-state index in [2.05, 4.69) is 5.32 Å². The van der Waals surface area contributed by atoms with Crippen molar-refractivity contribution in [2.45, 2.75) is 32.2 Å². The van der Waals surface area contributed by atoms with E-state index in [9.17, 15) is 9.59 Å². The summed E-state index contributed by atoms with van der Waals surface area (Å²) in [5.74, 6) is 0.190. The average Bonchev–Trinajstić information content (AvgIpc) is 2.73. The zero-order valence-electron chi connectivity index (χ0n) is 15.7. The molecule has 0 spiro atoms. The molecule has 0 aliphatic carbocycles. The van der Waals surface area contributed by atoms with E-state index in [0.29, 0.717) is 11.3 Å². The van der Waals surface area contributed by atoms with Gasteiger partial charge in [0, 0.05) is 13.1 Å². The molecule has 0 saturated carbocycles. The number of carbonyl (C=O) groups is 2. The molecule has 2 aromatic carbocycles. The van der Waals surface area contributed by atoms with Gasteiger partial charge in [-0.2, -0.15) is 0 Å². The summed E-state index contributed by atoms with van der Waals surface area (Å²) in [6.07, 6.45) is 3.26. The number of rotatable bonds is 6. The van der Waals surface area contributed by atoms with Crippen molar-refractivity contribution in [1.82, 2.24) is 10.2 Å². The molecule has 5 nitrogen and oxygen atoms in total. The number of hydrogen-bond donors (Lipinski definition) is 1. The molecule has 142 valence electrons. The zero-order valence-corrected chi connectivity index (χ0v) is 15.7. The molecule has 1 atom stereocenters. The minimum atomic E-state index is -0.215. The molecule has 2 amide bonds. The standard InChI is InChI=1S/C22H26N2O3/c1-17(18-10-4-2-5-11-18)23-22(26)19-12-6-7-13-20(19)27-16-21(25)24-14-8-3-9-15-24/h2,4-7,10-13,17H,3,8-9,14-16H2,1H3,(H,23,26)/t17-/m0/s1. The van der Waals surface area contributed by atoms with Crippen LogP contribution in [0.3, 0.4) is 0 Å². The van der Waals surface area contributed by atoms with Gasteiger partial charge in [-0.15, -0.1) is 0 Å². The molecule has 27 heavy (non-hydrogen) atoms. The molecule has 1 saturated heterocycles. The van der Waals surface area contributed by atoms with E-state index in [-0.39, 0.29) is 24.5 Å². The number of nitrogens with one attached hydrogen (secondary N) is 1. The summed E-state index contributed by atoms with van der Waals surface area (Å²) < 4.78 is 5.71. The van der Waals surface area contributed by atoms with Crippen molar-refractivity contribution < 1.29 is 14.3 Å². The lowest BCUT2D eigenvalue weighted by Crippen LogP contribution is -2.38. The highest BCUT2D eigenvalue weighted by molar-refractivity contribution is 5.97. The maximum Gasteiger partial charge on any atom is 0.260 e. The summed E-state index contributed by atoms with van der Waals surface area (Å²) in [4.78, 5) is 26.9. The number of piperidine rings is 1. The third-order valence-electron chi connectivity index (χ3n) is 4.84. The van der Waals surface area contributed by atoms with Crippen LogP contribution in [0.2, 0.25) is 0 Å². The van der Waals surface area contributed by atoms with E-state index in [0.717, 1.165) is 31.5 Å². The van der Waals surface area contributed by atoms with Crippen LogP contribution >= 0.6 is 0 Å². The first-order valence-corrected chi connectivity index (χ1v) is 9.50. The highest BCUT2D eigenvalue weighted by atomic mass is 16.5. The van der Waals surface area contributed by atoms with Crippen molar-refractivity contribution in [2.24, 2.45) is 0 Å². The lowest BCUT2D eigenvalue weighted by Gasteiger charge is -2.26. The van der Waals surface area contributed by atoms with E-state index in [1.807, 2.05) is 42.2 Å². The van der Waals surface area contributed by atoms with Gasteiger partial charge < -0.3 is 15.0 Å². The van der Waals surface area contributed by atoms with Gasteiger partial charge in [0.1, 0.15) is 5.75 Å². The van der Waals surface area contributed by atoms with Gasteiger partial charge in [0.05, 0.1) is 11.6 Å². The number of benzene rings is 2. The van der Waals surface area contributed by atoms with E-state index in [1.165, 1.54) is 6.42 Å². The molecular weight excluding hydrogens is 340 g/mol. The Morgan fingerprint density at radius 3 is 2.41 bits per heavy atom. The van der Waals surface area contributed by atoms with Crippen molar-refractivity contribution >= 4 is 11.8 Å². The summed E-state index contributed by atoms with van der Waals surface area (Å²) in [6.45, 7) is 3.48. The van der Waals surface area contributed by atoms with Crippen LogP contribution in [0.15, 0.2) is 54.6 Å². The van der Waals surface area contributed by atoms with E-state index >= 15 is 0 Å². The van der Waals surface area contributed by atoms with E-state index in [1.54, 1.807) is 24.3 Å². The van der Waals surface area contributed by atoms with Crippen molar-refractivity contribution in [2.75, 3.05) is 19.7 Å². The number of carbonyl (C=O) groups excluding carboxylic acids is 2. The Kier molecular flexibility index (Phi) is 6.47. The van der Waals surface area contributed by atoms with Gasteiger partial charge >= 0.3 is 0 Å². The van der Waals surface area contributed by atoms with Crippen molar-refractivity contribution in [3.63, 3.8) is 0 Å². The Morgan fingerprint density at radius 2 is 1.67 bits per heavy atom. The number of hydrogen-bond acceptors (Lipinski definition) is 3. The molecule has 1 fully saturated rings. The van der Waals surface area contributed by atoms with Crippen LogP contribution in [0.4, 0.5) is 0 Å². The van der Waals surface area contributed by atoms with E-state index < -0.39 is 0 Å². The Labute approximate surface area is 160 Å². The van der Waals surface area contributed by atoms with Crippen LogP contribution in [0.5, 0.6) is 5.75 Å². The quantitative estimate of drug-likeness (QED) is 0.850. The highest BCUT2D eigenvalue weighted by Gasteiger charge is 2.19. The fourth-order valence-corrected chi connectivity index (χ4v) is 3.25. The predicted octanol–water partition coefficient (Wildman–Crippen LogP) is 3.57. The molecule has 1 N–H and O–H groups in total. The first kappa shape index (κ1) is 19.0. The average molecular weight is 366 g/mol. The third kappa shape index (κ3) is 5.09. The Bertz CT molecular complexity index is 770. The first-order valence-electron chi connectivity index (χ1n) is 9.50. The highest BCUT2D eigenvalue weighted by Crippen LogP contribution is 2.20. The second kappa shape index (κ2) is 9.21. The van der Waals surface area contributed by atoms with Crippen LogP contribution in [0.1, 0.15) is 48.1 Å². The fraction of sp³-hybridized carbons (Fsp3) is 0.364. The Morgan fingerprint density at radius 1 is 1.00 bits per heavy atom. The van der Waals surface area contributed by atoms with Gasteiger partial charge in [-0.1, -0.05) is 42.5 Å². The number of nitrogens with zero attached hydrogens (tertiary/aromatic N) is 1. The number of para-hydroxylation sites is 1. The molecule has 3 rings (SSSR count). The molecule has 1 aliphatic rings. The topological polar surface area (TPSA) is 58.6 Å². The molecule has 1 heterocycles. The monoisotopic (exact) mass is 366 g/mol. The third-order valence-corrected chi connectivity index (χ3v) is 4.84. The number of ether oxygens (including phenoxy) is 1. The lowest BCUT2D eigenvalue weighted by atomic mass is 10.1. The summed E-state index contributed by atoms with van der Waals surface area (Å²) >= 11 is 0. The summed E-state index contributed by atoms with van der Waals surface area (Å²) in [5, 5.41) is 2.99. The first-order chi connectivity index (χ1) is 13.1. The Hall–Kier alpha value is -2.82. The molecule has 0 unspecified atom stereocenters. The molecule has 0 radical (unpaired) electrons. The fourth-order valence-electron chi connectivity index (χ4n) is 3.25. The molecule has 0 bridgehead atoms. The zero-order chi connectivity index (χ0) is 19.1. The SMILES string of the molecule is C[C@H](NC(=O)c1ccccc1OCC(=O)N1CCCCC1)c1ccccc1. The summed E-state index contributed by atoms with van der Waals surface area (Å²) in [7, 11) is 0. The Balaban J connectivity index is 1.62. The normalized spacial score (nSPS) is 15.1. The summed E-state index contributed by atoms with van der Waals surface area (Å²) in [6, 6.07) is 16.7. The van der Waals surface area contributed by atoms with Gasteiger partial charge in [0.2, 0.25) is 0 Å². The number of amides is 2. The maximum absolute atomic E-state index is 12.7. The molecular formula is C22H26N2O3. The van der Waals surface area contributed by atoms with Crippen LogP contribution in [-0.4, -0.2) is 36.4 Å². The van der Waals surface area contributed by atoms with Gasteiger partial charge in [0.25, 0.3) is 11.8 Å². The van der Waals surface area contributed by atoms with Crippen molar-refractivity contribution in [3.05, 3.63) is 65.7 Å². The van der Waals surface area contributed by atoms with Crippen LogP contribution < -0.4 is 10.1 Å². The van der Waals surface area contributed by atoms with Gasteiger partial charge in [-0.25, -0.2) is 0 Å². The van der Waals surface area contributed by atoms with Crippen LogP contribution in [0.25, 0.3) is 0 Å². The lowest BCUT2D eigenvalue weighted by molar-refractivity contribution is -0.134. The van der Waals surface area contributed by atoms with Gasteiger partial charge in [0.15, 0.2) is 6.61 Å². The van der Waals surface area contributed by atoms with Gasteiger partial charge in [-0.05, 0) is 43.9 Å². The van der Waals surface area contributed by atoms with Gasteiger partial charge in [-0.3, -0.25) is 9.59 Å². The second-order valence-electron chi connectivity index (χ2n) is 6.83. The minimum absolute atomic E-state index is 0.0254. The van der Waals surface area contributed by atoms with Crippen molar-refractivity contribution in [3.8, 4) is 5.75 Å². The smallest absolute Gasteiger partial charge is 0.260 e. The minimum Gasteiger partial charge on any atom is -0.483 e. The predicted molar refractivity (Wildman–Crippen MR) is 105 cm³/mol. The summed E-state index contributed by atoms with van der Waals surface area (Å²) in [5.41, 5.74) is 1.47. The van der Waals surface area contributed by atoms with Crippen molar-refractivity contribution in [1.29, 1.82) is 0 Å². The van der Waals surface area contributed by atoms with Crippen LogP contribution in [-0.2, 0) is 4.79 Å². The largest absolute Gasteiger partial charge is 0.483 e. The molecule has 1 aliphatic heterocycles. The second-order valence-corrected chi connectivity index (χ2v) is 6.83. The molecule has 0 aromatic heterocycles. The van der Waals surface area contributed by atoms with E-state index in [4.69, 9.17) is 4.74 Å². The molecule has 5 heteroatoms. The maximum atomic E-state index is 12.7.